The van der Waals surface area contributed by atoms with Crippen molar-refractivity contribution in [2.45, 2.75) is 97.0 Å². The molecular formula is C33H45N3O2. The minimum Gasteiger partial charge on any atom is -0.393 e. The van der Waals surface area contributed by atoms with Crippen molar-refractivity contribution >= 4 is 11.6 Å². The summed E-state index contributed by atoms with van der Waals surface area (Å²) in [4.78, 5) is 13.5. The molecule has 0 bridgehead atoms. The third kappa shape index (κ3) is 6.97. The van der Waals surface area contributed by atoms with Gasteiger partial charge < -0.3 is 15.7 Å². The first kappa shape index (κ1) is 28.2. The van der Waals surface area contributed by atoms with Crippen LogP contribution >= 0.6 is 0 Å². The Morgan fingerprint density at radius 3 is 2.16 bits per heavy atom. The van der Waals surface area contributed by atoms with Gasteiger partial charge in [-0.3, -0.25) is 4.79 Å². The lowest BCUT2D eigenvalue weighted by Gasteiger charge is -2.46. The van der Waals surface area contributed by atoms with Crippen molar-refractivity contribution in [1.82, 2.24) is 0 Å². The smallest absolute Gasteiger partial charge is 0.248 e. The average Bonchev–Trinajstić information content (AvgIpc) is 2.95. The normalized spacial score (nSPS) is 19.9. The molecule has 1 heterocycles. The van der Waals surface area contributed by atoms with E-state index in [2.05, 4.69) is 30.9 Å². The van der Waals surface area contributed by atoms with Gasteiger partial charge in [-0.05, 0) is 117 Å². The number of benzene rings is 2. The van der Waals surface area contributed by atoms with Gasteiger partial charge in [0.15, 0.2) is 0 Å². The van der Waals surface area contributed by atoms with Crippen LogP contribution in [0.5, 0.6) is 0 Å². The van der Waals surface area contributed by atoms with Crippen LogP contribution in [0.25, 0.3) is 0 Å². The van der Waals surface area contributed by atoms with Crippen molar-refractivity contribution in [3.8, 4) is 6.07 Å². The van der Waals surface area contributed by atoms with Crippen LogP contribution in [0.2, 0.25) is 0 Å². The molecule has 204 valence electrons. The molecule has 1 spiro atoms. The van der Waals surface area contributed by atoms with Crippen molar-refractivity contribution in [2.24, 2.45) is 17.1 Å². The molecule has 2 aliphatic carbocycles. The third-order valence-corrected chi connectivity index (χ3v) is 9.61. The van der Waals surface area contributed by atoms with Gasteiger partial charge in [-0.15, -0.1) is 0 Å². The quantitative estimate of drug-likeness (QED) is 0.480. The van der Waals surface area contributed by atoms with Gasteiger partial charge in [-0.2, -0.15) is 5.26 Å². The highest BCUT2D eigenvalue weighted by molar-refractivity contribution is 5.93. The molecule has 3 fully saturated rings. The molecule has 2 saturated carbocycles. The Bertz CT molecular complexity index is 1110. The van der Waals surface area contributed by atoms with Gasteiger partial charge in [0, 0.05) is 24.3 Å². The average molecular weight is 516 g/mol. The van der Waals surface area contributed by atoms with E-state index in [1.807, 2.05) is 18.2 Å². The van der Waals surface area contributed by atoms with Gasteiger partial charge in [-0.25, -0.2) is 0 Å². The summed E-state index contributed by atoms with van der Waals surface area (Å²) in [6.45, 7) is 6.35. The van der Waals surface area contributed by atoms with Crippen LogP contribution in [-0.2, 0) is 6.42 Å². The summed E-state index contributed by atoms with van der Waals surface area (Å²) in [6.07, 6.45) is 14.8. The van der Waals surface area contributed by atoms with Crippen molar-refractivity contribution in [2.75, 3.05) is 18.0 Å². The number of aliphatic hydroxyl groups is 1. The van der Waals surface area contributed by atoms with E-state index in [4.69, 9.17) is 11.0 Å². The molecule has 3 N–H and O–H groups in total. The van der Waals surface area contributed by atoms with E-state index >= 15 is 0 Å². The molecule has 1 aliphatic heterocycles. The summed E-state index contributed by atoms with van der Waals surface area (Å²) >= 11 is 0. The van der Waals surface area contributed by atoms with E-state index in [0.717, 1.165) is 37.4 Å². The zero-order valence-electron chi connectivity index (χ0n) is 23.3. The minimum atomic E-state index is -0.375. The number of hydrogen-bond acceptors (Lipinski definition) is 4. The highest BCUT2D eigenvalue weighted by Gasteiger charge is 2.37. The zero-order valence-corrected chi connectivity index (χ0v) is 23.3. The lowest BCUT2D eigenvalue weighted by molar-refractivity contribution is 0.0478. The number of aliphatic hydroxyl groups excluding tert-OH is 1. The maximum absolute atomic E-state index is 11.1. The summed E-state index contributed by atoms with van der Waals surface area (Å²) in [5, 5.41) is 18.7. The molecule has 5 heteroatoms. The Morgan fingerprint density at radius 1 is 0.947 bits per heavy atom. The summed E-state index contributed by atoms with van der Waals surface area (Å²) in [6, 6.07) is 14.0. The fourth-order valence-electron chi connectivity index (χ4n) is 6.71. The van der Waals surface area contributed by atoms with Crippen LogP contribution in [0.3, 0.4) is 0 Å². The third-order valence-electron chi connectivity index (χ3n) is 9.61. The molecule has 3 aliphatic rings. The second kappa shape index (κ2) is 12.8. The van der Waals surface area contributed by atoms with Gasteiger partial charge in [0.25, 0.3) is 0 Å². The maximum atomic E-state index is 11.1. The molecule has 0 aromatic heterocycles. The highest BCUT2D eigenvalue weighted by atomic mass is 16.3. The zero-order chi connectivity index (χ0) is 27.1. The maximum Gasteiger partial charge on any atom is 0.248 e. The van der Waals surface area contributed by atoms with E-state index < -0.39 is 0 Å². The van der Waals surface area contributed by atoms with Gasteiger partial charge in [-0.1, -0.05) is 38.2 Å². The molecule has 1 amide bonds. The van der Waals surface area contributed by atoms with Crippen molar-refractivity contribution in [1.29, 1.82) is 5.26 Å². The largest absolute Gasteiger partial charge is 0.393 e. The summed E-state index contributed by atoms with van der Waals surface area (Å²) in [5.74, 6) is 0.495. The summed E-state index contributed by atoms with van der Waals surface area (Å²) < 4.78 is 0. The monoisotopic (exact) mass is 515 g/mol. The predicted molar refractivity (Wildman–Crippen MR) is 154 cm³/mol. The first-order valence-electron chi connectivity index (χ1n) is 14.6. The summed E-state index contributed by atoms with van der Waals surface area (Å²) in [7, 11) is 0. The number of hydrogen-bond donors (Lipinski definition) is 2. The van der Waals surface area contributed by atoms with Gasteiger partial charge >= 0.3 is 0 Å². The molecule has 5 nitrogen and oxygen atoms in total. The van der Waals surface area contributed by atoms with Gasteiger partial charge in [0.1, 0.15) is 0 Å². The first-order chi connectivity index (χ1) is 18.3. The van der Waals surface area contributed by atoms with Crippen LogP contribution in [0.1, 0.15) is 103 Å². The van der Waals surface area contributed by atoms with E-state index in [-0.39, 0.29) is 12.0 Å². The highest BCUT2D eigenvalue weighted by Crippen LogP contribution is 2.45. The molecule has 0 unspecified atom stereocenters. The fourth-order valence-corrected chi connectivity index (χ4v) is 6.71. The number of nitrogens with two attached hydrogens (primary N) is 1. The molecule has 0 atom stereocenters. The molecular weight excluding hydrogens is 470 g/mol. The fraction of sp³-hybridized carbons (Fsp3) is 0.576. The van der Waals surface area contributed by atoms with Crippen molar-refractivity contribution in [3.05, 3.63) is 64.2 Å². The first-order valence-corrected chi connectivity index (χ1v) is 14.6. The van der Waals surface area contributed by atoms with Crippen LogP contribution < -0.4 is 10.6 Å². The predicted octanol–water partition coefficient (Wildman–Crippen LogP) is 6.60. The lowest BCUT2D eigenvalue weighted by Crippen LogP contribution is -2.42. The number of anilines is 1. The molecule has 5 rings (SSSR count). The summed E-state index contributed by atoms with van der Waals surface area (Å²) in [5.41, 5.74) is 12.2. The van der Waals surface area contributed by atoms with Gasteiger partial charge in [0.05, 0.1) is 17.7 Å². The van der Waals surface area contributed by atoms with E-state index in [1.54, 1.807) is 12.1 Å². The Labute approximate surface area is 229 Å². The molecule has 2 aromatic carbocycles. The molecule has 1 saturated heterocycles. The second-order valence-electron chi connectivity index (χ2n) is 12.0. The minimum absolute atomic E-state index is 0.0741. The Kier molecular flexibility index (Phi) is 9.49. The Morgan fingerprint density at radius 2 is 1.58 bits per heavy atom. The van der Waals surface area contributed by atoms with Crippen LogP contribution in [0, 0.1) is 36.5 Å². The van der Waals surface area contributed by atoms with Gasteiger partial charge in [0.2, 0.25) is 5.91 Å². The standard InChI is InChI=1S/C17H24N2O2.C16H21N/c18-16(21)13-1-3-14(4-2-13)19-11-9-17(10-12-19)7-5-15(20)6-8-17;1-12-13(2)16(11-17)9-8-15(12)10-14-6-4-3-5-7-14/h1-4,15,20H,5-12H2,(H2,18,21);8-9,14H,3-7,10H2,1-2H3. The number of nitriles is 1. The van der Waals surface area contributed by atoms with Crippen LogP contribution in [0.15, 0.2) is 36.4 Å². The van der Waals surface area contributed by atoms with Crippen LogP contribution in [-0.4, -0.2) is 30.2 Å². The number of carbonyl (C=O) groups excluding carboxylic acids is 1. The number of rotatable bonds is 4. The topological polar surface area (TPSA) is 90.3 Å². The second-order valence-corrected chi connectivity index (χ2v) is 12.0. The van der Waals surface area contributed by atoms with Crippen molar-refractivity contribution < 1.29 is 9.90 Å². The number of carbonyl (C=O) groups is 1. The number of nitrogens with zero attached hydrogens (tertiary/aromatic N) is 2. The van der Waals surface area contributed by atoms with E-state index in [1.165, 1.54) is 86.6 Å². The van der Waals surface area contributed by atoms with E-state index in [9.17, 15) is 9.90 Å². The Balaban J connectivity index is 0.000000181. The number of amides is 1. The lowest BCUT2D eigenvalue weighted by atomic mass is 9.67. The molecule has 2 aromatic rings. The van der Waals surface area contributed by atoms with E-state index in [0.29, 0.717) is 11.0 Å². The van der Waals surface area contributed by atoms with Crippen LogP contribution in [0.4, 0.5) is 5.69 Å². The molecule has 0 radical (unpaired) electrons. The number of piperidine rings is 1. The van der Waals surface area contributed by atoms with Crippen molar-refractivity contribution in [3.63, 3.8) is 0 Å². The Hall–Kier alpha value is -2.84. The number of primary amides is 1. The SMILES string of the molecule is Cc1c(C#N)ccc(CC2CCCCC2)c1C.NC(=O)c1ccc(N2CCC3(CCC(O)CC3)CC2)cc1. The molecule has 38 heavy (non-hydrogen) atoms.